The molecule has 3 nitrogen and oxygen atoms in total. The van der Waals surface area contributed by atoms with Crippen molar-refractivity contribution in [3.63, 3.8) is 0 Å². The van der Waals surface area contributed by atoms with Crippen molar-refractivity contribution in [1.29, 1.82) is 0 Å². The van der Waals surface area contributed by atoms with Gasteiger partial charge in [-0.15, -0.1) is 0 Å². The third-order valence-corrected chi connectivity index (χ3v) is 4.58. The predicted molar refractivity (Wildman–Crippen MR) is 88.4 cm³/mol. The van der Waals surface area contributed by atoms with Gasteiger partial charge in [-0.2, -0.15) is 0 Å². The summed E-state index contributed by atoms with van der Waals surface area (Å²) in [6, 6.07) is 8.38. The van der Waals surface area contributed by atoms with Gasteiger partial charge in [0.25, 0.3) is 0 Å². The van der Waals surface area contributed by atoms with Crippen molar-refractivity contribution in [2.75, 3.05) is 4.90 Å². The first-order valence-corrected chi connectivity index (χ1v) is 7.79. The summed E-state index contributed by atoms with van der Waals surface area (Å²) in [6.45, 7) is 8.36. The van der Waals surface area contributed by atoms with Crippen molar-refractivity contribution in [3.8, 4) is 11.1 Å². The van der Waals surface area contributed by atoms with E-state index < -0.39 is 0 Å². The number of nitrogens with zero attached hydrogens (tertiary/aromatic N) is 1. The van der Waals surface area contributed by atoms with Gasteiger partial charge in [0.1, 0.15) is 0 Å². The molecule has 0 aromatic heterocycles. The second-order valence-electron chi connectivity index (χ2n) is 6.42. The second-order valence-corrected chi connectivity index (χ2v) is 6.42. The summed E-state index contributed by atoms with van der Waals surface area (Å²) in [6.07, 6.45) is 0.633. The molecule has 3 aliphatic rings. The van der Waals surface area contributed by atoms with Crippen molar-refractivity contribution < 1.29 is 9.59 Å². The number of rotatable bonds is 2. The summed E-state index contributed by atoms with van der Waals surface area (Å²) in [4.78, 5) is 25.7. The average molecular weight is 295 g/mol. The van der Waals surface area contributed by atoms with E-state index in [1.165, 1.54) is 16.0 Å². The number of imide groups is 1. The molecule has 3 rings (SSSR count). The lowest BCUT2D eigenvalue weighted by molar-refractivity contribution is -0.121. The molecule has 0 radical (unpaired) electrons. The van der Waals surface area contributed by atoms with Crippen LogP contribution in [-0.2, 0) is 9.59 Å². The van der Waals surface area contributed by atoms with Gasteiger partial charge < -0.3 is 0 Å². The summed E-state index contributed by atoms with van der Waals surface area (Å²) in [5, 5.41) is 0. The Hall–Kier alpha value is -2.16. The Morgan fingerprint density at radius 2 is 1.59 bits per heavy atom. The van der Waals surface area contributed by atoms with E-state index >= 15 is 0 Å². The minimum atomic E-state index is -0.0922. The highest BCUT2D eigenvalue weighted by atomic mass is 16.2. The van der Waals surface area contributed by atoms with E-state index in [4.69, 9.17) is 0 Å². The zero-order valence-corrected chi connectivity index (χ0v) is 13.6. The van der Waals surface area contributed by atoms with Crippen molar-refractivity contribution in [1.82, 2.24) is 0 Å². The molecule has 0 bridgehead atoms. The predicted octanol–water partition coefficient (Wildman–Crippen LogP) is 4.19. The van der Waals surface area contributed by atoms with Crippen LogP contribution in [0.25, 0.3) is 11.1 Å². The van der Waals surface area contributed by atoms with Gasteiger partial charge in [-0.05, 0) is 53.6 Å². The Morgan fingerprint density at radius 3 is 2.18 bits per heavy atom. The van der Waals surface area contributed by atoms with Crippen LogP contribution in [0.15, 0.2) is 24.3 Å². The molecule has 114 valence electrons. The molecular weight excluding hydrogens is 274 g/mol. The van der Waals surface area contributed by atoms with Gasteiger partial charge in [0, 0.05) is 12.8 Å². The first kappa shape index (κ1) is 14.8. The Kier molecular flexibility index (Phi) is 3.51. The normalized spacial score (nSPS) is 15.4. The van der Waals surface area contributed by atoms with Gasteiger partial charge in [0.2, 0.25) is 11.8 Å². The molecular formula is C19H21NO2. The lowest BCUT2D eigenvalue weighted by atomic mass is 10.0. The van der Waals surface area contributed by atoms with Gasteiger partial charge in [0.05, 0.1) is 5.69 Å². The third-order valence-electron chi connectivity index (χ3n) is 4.58. The second kappa shape index (κ2) is 5.24. The zero-order chi connectivity index (χ0) is 16.0. The van der Waals surface area contributed by atoms with Crippen LogP contribution in [0, 0.1) is 13.8 Å². The topological polar surface area (TPSA) is 37.4 Å². The minimum absolute atomic E-state index is 0.0922. The fourth-order valence-corrected chi connectivity index (χ4v) is 3.14. The SMILES string of the molecule is Cc1ccc2c(C)c(N3C(=O)CCC3=O)cc(C(C)C)cc1-2. The molecule has 0 aromatic rings. The Labute approximate surface area is 131 Å². The maximum absolute atomic E-state index is 12.2. The Bertz CT molecular complexity index is 730. The van der Waals surface area contributed by atoms with Gasteiger partial charge in [-0.3, -0.25) is 14.5 Å². The minimum Gasteiger partial charge on any atom is -0.274 e. The fraction of sp³-hybridized carbons (Fsp3) is 0.368. The summed E-state index contributed by atoms with van der Waals surface area (Å²) in [5.41, 5.74) is 6.44. The lowest BCUT2D eigenvalue weighted by Gasteiger charge is -2.16. The van der Waals surface area contributed by atoms with E-state index in [0.717, 1.165) is 22.4 Å². The molecule has 0 spiro atoms. The Morgan fingerprint density at radius 1 is 0.955 bits per heavy atom. The van der Waals surface area contributed by atoms with Crippen LogP contribution in [0.4, 0.5) is 5.69 Å². The van der Waals surface area contributed by atoms with E-state index in [2.05, 4.69) is 39.0 Å². The van der Waals surface area contributed by atoms with Gasteiger partial charge in [-0.25, -0.2) is 0 Å². The first-order valence-electron chi connectivity index (χ1n) is 7.79. The largest absolute Gasteiger partial charge is 0.274 e. The standard InChI is InChI=1S/C19H21NO2/c1-11(2)14-9-16-12(3)5-6-15(16)13(4)17(10-14)20-18(21)7-8-19(20)22/h5-6,9-11H,7-8H2,1-4H3. The summed E-state index contributed by atoms with van der Waals surface area (Å²) >= 11 is 0. The highest BCUT2D eigenvalue weighted by molar-refractivity contribution is 6.20. The average Bonchev–Trinajstić information content (AvgIpc) is 2.93. The van der Waals surface area contributed by atoms with Crippen molar-refractivity contribution in [2.45, 2.75) is 46.5 Å². The van der Waals surface area contributed by atoms with Crippen LogP contribution in [-0.4, -0.2) is 11.8 Å². The molecule has 0 saturated carbocycles. The number of aryl methyl sites for hydroxylation is 1. The Balaban J connectivity index is 2.31. The van der Waals surface area contributed by atoms with Crippen molar-refractivity contribution >= 4 is 17.5 Å². The quantitative estimate of drug-likeness (QED) is 0.779. The number of amides is 2. The molecule has 0 unspecified atom stereocenters. The maximum atomic E-state index is 12.2. The maximum Gasteiger partial charge on any atom is 0.234 e. The van der Waals surface area contributed by atoms with Crippen molar-refractivity contribution in [2.24, 2.45) is 0 Å². The number of carbonyl (C=O) groups excluding carboxylic acids is 2. The van der Waals surface area contributed by atoms with E-state index in [0.29, 0.717) is 18.8 Å². The number of carbonyl (C=O) groups is 2. The summed E-state index contributed by atoms with van der Waals surface area (Å²) in [5.74, 6) is 0.145. The van der Waals surface area contributed by atoms with Crippen LogP contribution >= 0.6 is 0 Å². The zero-order valence-electron chi connectivity index (χ0n) is 13.6. The number of hydrogen-bond acceptors (Lipinski definition) is 2. The molecule has 22 heavy (non-hydrogen) atoms. The molecule has 0 N–H and O–H groups in total. The van der Waals surface area contributed by atoms with E-state index in [1.807, 2.05) is 13.0 Å². The van der Waals surface area contributed by atoms with Gasteiger partial charge in [0.15, 0.2) is 0 Å². The third kappa shape index (κ3) is 2.21. The van der Waals surface area contributed by atoms with Crippen LogP contribution in [0.5, 0.6) is 0 Å². The number of fused-ring (bicyclic) bond motifs is 1. The smallest absolute Gasteiger partial charge is 0.234 e. The molecule has 2 amide bonds. The fourth-order valence-electron chi connectivity index (χ4n) is 3.14. The number of hydrogen-bond donors (Lipinski definition) is 0. The van der Waals surface area contributed by atoms with Gasteiger partial charge >= 0.3 is 0 Å². The van der Waals surface area contributed by atoms with Gasteiger partial charge in [-0.1, -0.05) is 32.0 Å². The van der Waals surface area contributed by atoms with Crippen LogP contribution < -0.4 is 4.90 Å². The van der Waals surface area contributed by atoms with E-state index in [-0.39, 0.29) is 11.8 Å². The molecule has 0 aromatic carbocycles. The molecule has 1 heterocycles. The van der Waals surface area contributed by atoms with Crippen LogP contribution in [0.3, 0.4) is 0 Å². The molecule has 1 fully saturated rings. The molecule has 1 aliphatic heterocycles. The first-order chi connectivity index (χ1) is 10.4. The van der Waals surface area contributed by atoms with E-state index in [1.54, 1.807) is 0 Å². The summed E-state index contributed by atoms with van der Waals surface area (Å²) < 4.78 is 0. The molecule has 3 heteroatoms. The van der Waals surface area contributed by atoms with E-state index in [9.17, 15) is 9.59 Å². The van der Waals surface area contributed by atoms with Crippen LogP contribution in [0.1, 0.15) is 49.3 Å². The molecule has 1 saturated heterocycles. The lowest BCUT2D eigenvalue weighted by Crippen LogP contribution is -2.29. The molecule has 0 atom stereocenters. The number of anilines is 1. The van der Waals surface area contributed by atoms with Crippen LogP contribution in [0.2, 0.25) is 0 Å². The highest BCUT2D eigenvalue weighted by Gasteiger charge is 2.32. The highest BCUT2D eigenvalue weighted by Crippen LogP contribution is 2.38. The monoisotopic (exact) mass is 295 g/mol. The molecule has 2 aliphatic carbocycles. The summed E-state index contributed by atoms with van der Waals surface area (Å²) in [7, 11) is 0. The van der Waals surface area contributed by atoms with Crippen molar-refractivity contribution in [3.05, 3.63) is 41.0 Å².